The third-order valence-corrected chi connectivity index (χ3v) is 16.6. The molecule has 0 amide bonds. The molecule has 0 spiro atoms. The molecule has 0 N–H and O–H groups in total. The maximum absolute atomic E-state index is 7.23. The van der Waals surface area contributed by atoms with Crippen molar-refractivity contribution in [3.63, 3.8) is 0 Å². The first-order chi connectivity index (χ1) is 36.1. The lowest BCUT2D eigenvalue weighted by molar-refractivity contribution is 0.672. The Morgan fingerprint density at radius 1 is 0.438 bits per heavy atom. The molecular weight excluding hydrogens is 909 g/mol. The molecule has 73 heavy (non-hydrogen) atoms. The molecule has 0 saturated heterocycles. The molecule has 342 valence electrons. The number of hydrogen-bond donors (Lipinski definition) is 0. The Morgan fingerprint density at radius 2 is 1.03 bits per heavy atom. The van der Waals surface area contributed by atoms with E-state index in [4.69, 9.17) is 14.4 Å². The second-order valence-electron chi connectivity index (χ2n) is 19.7. The fourth-order valence-corrected chi connectivity index (χ4v) is 13.3. The molecule has 4 aromatic heterocycles. The van der Waals surface area contributed by atoms with E-state index in [1.165, 1.54) is 52.5 Å². The molecule has 1 atom stereocenters. The van der Waals surface area contributed by atoms with Gasteiger partial charge in [0.15, 0.2) is 0 Å². The number of para-hydroxylation sites is 2. The van der Waals surface area contributed by atoms with Crippen LogP contribution in [-0.2, 0) is 0 Å². The van der Waals surface area contributed by atoms with Crippen molar-refractivity contribution in [2.24, 2.45) is 15.9 Å². The minimum Gasteiger partial charge on any atom is -0.455 e. The third kappa shape index (κ3) is 6.02. The van der Waals surface area contributed by atoms with Crippen LogP contribution in [0.3, 0.4) is 0 Å². The van der Waals surface area contributed by atoms with E-state index in [0.29, 0.717) is 12.4 Å². The Balaban J connectivity index is 1.03. The predicted octanol–water partition coefficient (Wildman–Crippen LogP) is 18.4. The average molecular weight is 951 g/mol. The Kier molecular flexibility index (Phi) is 8.59. The molecule has 0 saturated carbocycles. The molecule has 5 nitrogen and oxygen atoms in total. The van der Waals surface area contributed by atoms with E-state index < -0.39 is 0 Å². The van der Waals surface area contributed by atoms with E-state index in [2.05, 4.69) is 234 Å². The van der Waals surface area contributed by atoms with E-state index in [0.717, 1.165) is 93.8 Å². The first kappa shape index (κ1) is 40.6. The lowest BCUT2D eigenvalue weighted by Crippen LogP contribution is -2.20. The van der Waals surface area contributed by atoms with Gasteiger partial charge in [0.1, 0.15) is 11.2 Å². The van der Waals surface area contributed by atoms with E-state index in [-0.39, 0.29) is 5.92 Å². The quantitative estimate of drug-likeness (QED) is 0.174. The number of thiophene rings is 1. The van der Waals surface area contributed by atoms with Gasteiger partial charge in [-0.1, -0.05) is 159 Å². The number of furan rings is 1. The lowest BCUT2D eigenvalue weighted by Gasteiger charge is -2.21. The maximum atomic E-state index is 7.23. The van der Waals surface area contributed by atoms with Crippen LogP contribution in [0.4, 0.5) is 0 Å². The molecule has 0 fully saturated rings. The highest BCUT2D eigenvalue weighted by molar-refractivity contribution is 7.25. The van der Waals surface area contributed by atoms with Crippen LogP contribution in [-0.4, -0.2) is 20.8 Å². The highest BCUT2D eigenvalue weighted by atomic mass is 32.1. The number of fused-ring (bicyclic) bond motifs is 16. The van der Waals surface area contributed by atoms with Gasteiger partial charge < -0.3 is 8.98 Å². The summed E-state index contributed by atoms with van der Waals surface area (Å²) in [4.78, 5) is 11.8. The van der Waals surface area contributed by atoms with Gasteiger partial charge in [-0.15, -0.1) is 11.3 Å². The van der Waals surface area contributed by atoms with Gasteiger partial charge in [-0.05, 0) is 94.0 Å². The molecule has 1 unspecified atom stereocenters. The van der Waals surface area contributed by atoms with E-state index >= 15 is 0 Å². The number of allylic oxidation sites excluding steroid dienone is 1. The molecule has 1 aliphatic rings. The number of aliphatic imine (C=N–C) groups is 2. The molecule has 0 radical (unpaired) electrons. The van der Waals surface area contributed by atoms with Crippen molar-refractivity contribution >= 4 is 147 Å². The normalized spacial score (nSPS) is 15.4. The first-order valence-corrected chi connectivity index (χ1v) is 25.9. The van der Waals surface area contributed by atoms with Crippen molar-refractivity contribution < 1.29 is 4.42 Å². The van der Waals surface area contributed by atoms with Gasteiger partial charge in [-0.25, -0.2) is 9.98 Å². The number of nitrogens with zero attached hydrogens (tertiary/aromatic N) is 4. The molecular formula is C67H42N4OS. The molecule has 15 aromatic rings. The monoisotopic (exact) mass is 950 g/mol. The van der Waals surface area contributed by atoms with Gasteiger partial charge >= 0.3 is 0 Å². The third-order valence-electron chi connectivity index (χ3n) is 15.5. The van der Waals surface area contributed by atoms with Crippen molar-refractivity contribution in [2.45, 2.75) is 13.3 Å². The summed E-state index contributed by atoms with van der Waals surface area (Å²) in [5, 5.41) is 16.4. The average Bonchev–Trinajstić information content (AvgIpc) is 4.19. The minimum absolute atomic E-state index is 0.0399. The van der Waals surface area contributed by atoms with Crippen LogP contribution in [0, 0.1) is 5.92 Å². The van der Waals surface area contributed by atoms with Crippen LogP contribution >= 0.6 is 11.3 Å². The van der Waals surface area contributed by atoms with Gasteiger partial charge in [-0.2, -0.15) is 0 Å². The van der Waals surface area contributed by atoms with Crippen LogP contribution in [0.25, 0.3) is 129 Å². The fraction of sp³-hybridized carbons (Fsp3) is 0.0448. The summed E-state index contributed by atoms with van der Waals surface area (Å²) >= 11 is 1.84. The second kappa shape index (κ2) is 15.4. The molecule has 11 aromatic carbocycles. The van der Waals surface area contributed by atoms with Crippen molar-refractivity contribution in [2.75, 3.05) is 0 Å². The molecule has 0 aliphatic carbocycles. The largest absolute Gasteiger partial charge is 0.455 e. The summed E-state index contributed by atoms with van der Waals surface area (Å²) in [6.45, 7) is 2.33. The smallest absolute Gasteiger partial charge is 0.235 e. The lowest BCUT2D eigenvalue weighted by atomic mass is 9.90. The van der Waals surface area contributed by atoms with E-state index in [9.17, 15) is 0 Å². The molecule has 6 heteroatoms. The molecule has 0 bridgehead atoms. The van der Waals surface area contributed by atoms with Gasteiger partial charge in [0.2, 0.25) is 5.96 Å². The van der Waals surface area contributed by atoms with Crippen molar-refractivity contribution in [1.82, 2.24) is 9.13 Å². The molecule has 1 aliphatic heterocycles. The van der Waals surface area contributed by atoms with E-state index in [1.807, 2.05) is 11.3 Å². The highest BCUT2D eigenvalue weighted by Gasteiger charge is 2.27. The summed E-state index contributed by atoms with van der Waals surface area (Å²) in [6.07, 6.45) is 3.08. The van der Waals surface area contributed by atoms with Gasteiger partial charge in [0, 0.05) is 81.0 Å². The summed E-state index contributed by atoms with van der Waals surface area (Å²) in [5.74, 6) is 0.579. The van der Waals surface area contributed by atoms with E-state index in [1.54, 1.807) is 0 Å². The summed E-state index contributed by atoms with van der Waals surface area (Å²) in [5.41, 5.74) is 11.1. The zero-order valence-corrected chi connectivity index (χ0v) is 40.5. The second-order valence-corrected chi connectivity index (χ2v) is 20.8. The summed E-state index contributed by atoms with van der Waals surface area (Å²) < 4.78 is 14.5. The van der Waals surface area contributed by atoms with Crippen molar-refractivity contribution in [1.29, 1.82) is 0 Å². The van der Waals surface area contributed by atoms with Crippen LogP contribution in [0.15, 0.2) is 233 Å². The van der Waals surface area contributed by atoms with Crippen LogP contribution in [0.1, 0.15) is 24.5 Å². The zero-order chi connectivity index (χ0) is 47.9. The molecule has 5 heterocycles. The number of benzene rings is 11. The number of rotatable bonds is 3. The van der Waals surface area contributed by atoms with Crippen molar-refractivity contribution in [3.8, 4) is 5.69 Å². The van der Waals surface area contributed by atoms with Crippen LogP contribution < -0.4 is 0 Å². The van der Waals surface area contributed by atoms with Gasteiger partial charge in [0.25, 0.3) is 0 Å². The zero-order valence-electron chi connectivity index (χ0n) is 39.7. The van der Waals surface area contributed by atoms with Gasteiger partial charge in [0.05, 0.1) is 39.2 Å². The number of aromatic nitrogens is 2. The van der Waals surface area contributed by atoms with Crippen molar-refractivity contribution in [3.05, 3.63) is 230 Å². The Bertz CT molecular complexity index is 4830. The fourth-order valence-electron chi connectivity index (χ4n) is 12.1. The Morgan fingerprint density at radius 3 is 1.73 bits per heavy atom. The molecule has 16 rings (SSSR count). The topological polar surface area (TPSA) is 47.7 Å². The Labute approximate surface area is 422 Å². The summed E-state index contributed by atoms with van der Waals surface area (Å²) in [6, 6.07) is 77.2. The van der Waals surface area contributed by atoms with Gasteiger partial charge in [-0.3, -0.25) is 4.57 Å². The Hall–Kier alpha value is -9.10. The number of hydrogen-bond acceptors (Lipinski definition) is 4. The standard InChI is InChI=1S/C67H42N4OS/c1-39-29-32-55(49-24-14-28-62-64(49)50-23-10-13-27-61(50)73-62)68-67(71-56-25-11-8-21-47(56)48-22-9-12-26-57(48)71)69-65(39)54-37-45(38-60-63(54)51-31-30-40-15-6-7-20-46(40)66(51)72-60)70-58-35-43-18-4-2-16-41(43)33-52(58)53-34-42-17-3-5-19-44(42)36-59(53)70/h2-28,30-39H,29H2,1H3/b55-32+,68-67?,69-65?. The maximum Gasteiger partial charge on any atom is 0.235 e. The highest BCUT2D eigenvalue weighted by Crippen LogP contribution is 2.44. The summed E-state index contributed by atoms with van der Waals surface area (Å²) in [7, 11) is 0. The van der Waals surface area contributed by atoms with Crippen LogP contribution in [0.2, 0.25) is 0 Å². The predicted molar refractivity (Wildman–Crippen MR) is 310 cm³/mol. The minimum atomic E-state index is -0.0399. The first-order valence-electron chi connectivity index (χ1n) is 25.1. The van der Waals surface area contributed by atoms with Crippen LogP contribution in [0.5, 0.6) is 0 Å². The SMILES string of the molecule is CC1C/C=C(\c2cccc3sc4ccccc4c23)N=C(n2c3ccccc3c3ccccc32)N=C1c1cc(-n2c3cc4ccccc4cc3c3cc4ccccc4cc32)cc2oc3c4ccccc4ccc3c12.